The van der Waals surface area contributed by atoms with Crippen LogP contribution in [0.15, 0.2) is 60.7 Å². The van der Waals surface area contributed by atoms with Crippen molar-refractivity contribution in [1.82, 2.24) is 0 Å². The molecule has 0 aromatic heterocycles. The van der Waals surface area contributed by atoms with E-state index >= 15 is 0 Å². The van der Waals surface area contributed by atoms with Gasteiger partial charge in [0.05, 0.1) is 25.4 Å². The summed E-state index contributed by atoms with van der Waals surface area (Å²) in [7, 11) is 0. The smallest absolute Gasteiger partial charge is 0.0922 e. The third-order valence-electron chi connectivity index (χ3n) is 3.81. The van der Waals surface area contributed by atoms with Crippen LogP contribution in [0.5, 0.6) is 0 Å². The maximum absolute atomic E-state index is 6.27. The highest BCUT2D eigenvalue weighted by Crippen LogP contribution is 2.32. The van der Waals surface area contributed by atoms with Crippen LogP contribution >= 0.6 is 22.6 Å². The average Bonchev–Trinajstić information content (AvgIpc) is 2.57. The summed E-state index contributed by atoms with van der Waals surface area (Å²) < 4.78 is 13.0. The largest absolute Gasteiger partial charge is 0.376 e. The van der Waals surface area contributed by atoms with E-state index < -0.39 is 0 Å². The summed E-state index contributed by atoms with van der Waals surface area (Å²) in [5, 5.41) is 0. The van der Waals surface area contributed by atoms with Crippen molar-refractivity contribution in [2.24, 2.45) is 0 Å². The van der Waals surface area contributed by atoms with Crippen LogP contribution in [-0.2, 0) is 9.47 Å². The quantitative estimate of drug-likeness (QED) is 0.576. The van der Waals surface area contributed by atoms with Crippen molar-refractivity contribution < 1.29 is 9.47 Å². The number of hydrogen-bond acceptors (Lipinski definition) is 2. The predicted molar refractivity (Wildman–Crippen MR) is 93.1 cm³/mol. The van der Waals surface area contributed by atoms with Crippen LogP contribution in [0, 0.1) is 0 Å². The fourth-order valence-corrected chi connectivity index (χ4v) is 3.30. The van der Waals surface area contributed by atoms with Gasteiger partial charge in [0.25, 0.3) is 0 Å². The number of halogens is 1. The van der Waals surface area contributed by atoms with E-state index in [0.29, 0.717) is 13.2 Å². The van der Waals surface area contributed by atoms with Crippen molar-refractivity contribution in [2.75, 3.05) is 17.6 Å². The van der Waals surface area contributed by atoms with Crippen molar-refractivity contribution in [3.63, 3.8) is 0 Å². The van der Waals surface area contributed by atoms with E-state index in [1.807, 2.05) is 0 Å². The Morgan fingerprint density at radius 3 is 2.00 bits per heavy atom. The van der Waals surface area contributed by atoms with Crippen molar-refractivity contribution >= 4 is 22.6 Å². The van der Waals surface area contributed by atoms with Crippen LogP contribution in [-0.4, -0.2) is 29.8 Å². The minimum atomic E-state index is 0.0725. The van der Waals surface area contributed by atoms with E-state index in [-0.39, 0.29) is 18.1 Å². The Kier molecular flexibility index (Phi) is 5.27. The standard InChI is InChI=1S/C18H19IO2/c19-11-16-12-20-13-17(21-16)18(14-7-3-1-4-8-14)15-9-5-2-6-10-15/h1-10,16-18H,11-13H2/t16-,17+/m1/s1. The summed E-state index contributed by atoms with van der Waals surface area (Å²) in [5.74, 6) is 0.221. The molecule has 0 unspecified atom stereocenters. The van der Waals surface area contributed by atoms with E-state index in [1.165, 1.54) is 11.1 Å². The van der Waals surface area contributed by atoms with Crippen LogP contribution < -0.4 is 0 Å². The molecule has 1 fully saturated rings. The number of benzene rings is 2. The molecule has 0 amide bonds. The van der Waals surface area contributed by atoms with Crippen molar-refractivity contribution in [1.29, 1.82) is 0 Å². The first-order chi connectivity index (χ1) is 10.4. The molecule has 0 N–H and O–H groups in total. The zero-order valence-electron chi connectivity index (χ0n) is 11.8. The Bertz CT molecular complexity index is 504. The molecule has 2 aromatic carbocycles. The molecule has 0 saturated carbocycles. The molecule has 2 nitrogen and oxygen atoms in total. The molecular weight excluding hydrogens is 375 g/mol. The molecule has 2 aromatic rings. The molecule has 110 valence electrons. The Hall–Kier alpha value is -0.910. The second kappa shape index (κ2) is 7.38. The van der Waals surface area contributed by atoms with Gasteiger partial charge in [-0.25, -0.2) is 0 Å². The molecule has 0 bridgehead atoms. The van der Waals surface area contributed by atoms with E-state index in [4.69, 9.17) is 9.47 Å². The van der Waals surface area contributed by atoms with Crippen molar-refractivity contribution in [3.8, 4) is 0 Å². The van der Waals surface area contributed by atoms with Crippen LogP contribution in [0.4, 0.5) is 0 Å². The zero-order valence-corrected chi connectivity index (χ0v) is 14.0. The summed E-state index contributed by atoms with van der Waals surface area (Å²) in [4.78, 5) is 0. The lowest BCUT2D eigenvalue weighted by Crippen LogP contribution is -2.40. The highest BCUT2D eigenvalue weighted by molar-refractivity contribution is 14.1. The molecule has 0 aliphatic carbocycles. The van der Waals surface area contributed by atoms with Gasteiger partial charge in [-0.3, -0.25) is 0 Å². The first-order valence-electron chi connectivity index (χ1n) is 7.27. The predicted octanol–water partition coefficient (Wildman–Crippen LogP) is 4.04. The molecule has 1 saturated heterocycles. The minimum absolute atomic E-state index is 0.0725. The lowest BCUT2D eigenvalue weighted by Gasteiger charge is -2.35. The second-order valence-electron chi connectivity index (χ2n) is 5.29. The van der Waals surface area contributed by atoms with Gasteiger partial charge in [-0.15, -0.1) is 0 Å². The van der Waals surface area contributed by atoms with Gasteiger partial charge in [0.2, 0.25) is 0 Å². The molecule has 1 aliphatic heterocycles. The first kappa shape index (κ1) is 15.0. The Labute approximate surface area is 139 Å². The lowest BCUT2D eigenvalue weighted by molar-refractivity contribution is -0.132. The fourth-order valence-electron chi connectivity index (χ4n) is 2.84. The van der Waals surface area contributed by atoms with E-state index in [1.54, 1.807) is 0 Å². The molecule has 1 aliphatic rings. The van der Waals surface area contributed by atoms with E-state index in [2.05, 4.69) is 83.3 Å². The summed E-state index contributed by atoms with van der Waals surface area (Å²) in [6, 6.07) is 21.2. The normalized spacial score (nSPS) is 22.4. The summed E-state index contributed by atoms with van der Waals surface area (Å²) in [5.41, 5.74) is 2.57. The Morgan fingerprint density at radius 1 is 0.905 bits per heavy atom. The number of ether oxygens (including phenoxy) is 2. The molecule has 1 heterocycles. The second-order valence-corrected chi connectivity index (χ2v) is 6.17. The molecule has 2 atom stereocenters. The van der Waals surface area contributed by atoms with Gasteiger partial charge in [0.15, 0.2) is 0 Å². The van der Waals surface area contributed by atoms with Gasteiger partial charge >= 0.3 is 0 Å². The van der Waals surface area contributed by atoms with Gasteiger partial charge in [0.1, 0.15) is 0 Å². The number of hydrogen-bond donors (Lipinski definition) is 0. The van der Waals surface area contributed by atoms with Gasteiger partial charge in [0, 0.05) is 10.3 Å². The molecule has 3 rings (SSSR count). The molecule has 0 radical (unpaired) electrons. The topological polar surface area (TPSA) is 18.5 Å². The maximum atomic E-state index is 6.27. The maximum Gasteiger partial charge on any atom is 0.0922 e. The Morgan fingerprint density at radius 2 is 1.48 bits per heavy atom. The highest BCUT2D eigenvalue weighted by Gasteiger charge is 2.31. The summed E-state index contributed by atoms with van der Waals surface area (Å²) >= 11 is 2.36. The third-order valence-corrected chi connectivity index (χ3v) is 4.80. The number of alkyl halides is 1. The fraction of sp³-hybridized carbons (Fsp3) is 0.333. The average molecular weight is 394 g/mol. The van der Waals surface area contributed by atoms with Gasteiger partial charge < -0.3 is 9.47 Å². The van der Waals surface area contributed by atoms with Crippen molar-refractivity contribution in [2.45, 2.75) is 18.1 Å². The summed E-state index contributed by atoms with van der Waals surface area (Å²) in [6.07, 6.45) is 0.266. The van der Waals surface area contributed by atoms with Gasteiger partial charge in [-0.2, -0.15) is 0 Å². The monoisotopic (exact) mass is 394 g/mol. The van der Waals surface area contributed by atoms with E-state index in [0.717, 1.165) is 4.43 Å². The van der Waals surface area contributed by atoms with Gasteiger partial charge in [-0.1, -0.05) is 83.3 Å². The minimum Gasteiger partial charge on any atom is -0.376 e. The third kappa shape index (κ3) is 3.65. The van der Waals surface area contributed by atoms with Crippen LogP contribution in [0.2, 0.25) is 0 Å². The molecule has 21 heavy (non-hydrogen) atoms. The van der Waals surface area contributed by atoms with E-state index in [9.17, 15) is 0 Å². The van der Waals surface area contributed by atoms with Crippen LogP contribution in [0.1, 0.15) is 17.0 Å². The highest BCUT2D eigenvalue weighted by atomic mass is 127. The van der Waals surface area contributed by atoms with Crippen molar-refractivity contribution in [3.05, 3.63) is 71.8 Å². The lowest BCUT2D eigenvalue weighted by atomic mass is 9.86. The molecule has 3 heteroatoms. The van der Waals surface area contributed by atoms with Crippen LogP contribution in [0.3, 0.4) is 0 Å². The SMILES string of the molecule is IC[C@@H]1COC[C@@H](C(c2ccccc2)c2ccccc2)O1. The van der Waals surface area contributed by atoms with Crippen LogP contribution in [0.25, 0.3) is 0 Å². The van der Waals surface area contributed by atoms with Gasteiger partial charge in [-0.05, 0) is 11.1 Å². The Balaban J connectivity index is 1.93. The summed E-state index contributed by atoms with van der Waals surface area (Å²) in [6.45, 7) is 1.36. The first-order valence-corrected chi connectivity index (χ1v) is 8.80. The zero-order chi connectivity index (χ0) is 14.5. The number of rotatable bonds is 4. The molecular formula is C18H19IO2. The molecule has 0 spiro atoms.